The maximum atomic E-state index is 5.19. The van der Waals surface area contributed by atoms with Crippen LogP contribution in [0.1, 0.15) is 25.0 Å². The second kappa shape index (κ2) is 13.8. The Morgan fingerprint density at radius 3 is 1.51 bits per heavy atom. The molecule has 0 saturated heterocycles. The summed E-state index contributed by atoms with van der Waals surface area (Å²) in [5.41, 5.74) is 14.3. The summed E-state index contributed by atoms with van der Waals surface area (Å²) in [6, 6.07) is 70.7. The Hall–Kier alpha value is -7.63. The molecule has 0 unspecified atom stereocenters. The molecule has 1 aliphatic rings. The SMILES string of the molecule is CC1(C)c2c(-c3nc(-c4ccccc4)nc(-c4ccccc4)n3)cccc2-c2cccc(-n3c4ccccc4c4cc(N(c5ccccc5)c5ccccc5)ccc43)c21. The van der Waals surface area contributed by atoms with Gasteiger partial charge in [-0.25, -0.2) is 15.0 Å². The van der Waals surface area contributed by atoms with E-state index in [1.807, 2.05) is 36.4 Å². The van der Waals surface area contributed by atoms with Gasteiger partial charge >= 0.3 is 0 Å². The number of hydrogen-bond donors (Lipinski definition) is 0. The van der Waals surface area contributed by atoms with E-state index in [1.54, 1.807) is 0 Å². The van der Waals surface area contributed by atoms with Gasteiger partial charge < -0.3 is 9.47 Å². The first-order chi connectivity index (χ1) is 29.0. The van der Waals surface area contributed by atoms with Crippen LogP contribution < -0.4 is 4.90 Å². The van der Waals surface area contributed by atoms with Crippen LogP contribution in [0.5, 0.6) is 0 Å². The van der Waals surface area contributed by atoms with Gasteiger partial charge in [-0.1, -0.05) is 159 Å². The van der Waals surface area contributed by atoms with Crippen molar-refractivity contribution < 1.29 is 0 Å². The molecule has 0 bridgehead atoms. The van der Waals surface area contributed by atoms with E-state index in [0.717, 1.165) is 39.3 Å². The molecular weight excluding hydrogens is 719 g/mol. The topological polar surface area (TPSA) is 46.8 Å². The lowest BCUT2D eigenvalue weighted by molar-refractivity contribution is 0.657. The lowest BCUT2D eigenvalue weighted by Gasteiger charge is -2.27. The highest BCUT2D eigenvalue weighted by molar-refractivity contribution is 6.11. The first-order valence-corrected chi connectivity index (χ1v) is 20.1. The molecule has 2 heterocycles. The van der Waals surface area contributed by atoms with Crippen molar-refractivity contribution in [3.8, 4) is 51.0 Å². The summed E-state index contributed by atoms with van der Waals surface area (Å²) in [5.74, 6) is 1.98. The highest BCUT2D eigenvalue weighted by Gasteiger charge is 2.41. The predicted molar refractivity (Wildman–Crippen MR) is 243 cm³/mol. The van der Waals surface area contributed by atoms with Crippen molar-refractivity contribution >= 4 is 38.9 Å². The van der Waals surface area contributed by atoms with Crippen molar-refractivity contribution in [2.75, 3.05) is 4.90 Å². The Bertz CT molecular complexity index is 3080. The van der Waals surface area contributed by atoms with Gasteiger partial charge in [-0.3, -0.25) is 0 Å². The van der Waals surface area contributed by atoms with Gasteiger partial charge in [-0.15, -0.1) is 0 Å². The molecular formula is C54H39N5. The highest BCUT2D eigenvalue weighted by atomic mass is 15.1. The number of anilines is 3. The van der Waals surface area contributed by atoms with E-state index in [2.05, 4.69) is 187 Å². The summed E-state index contributed by atoms with van der Waals surface area (Å²) in [6.45, 7) is 4.71. The van der Waals surface area contributed by atoms with Crippen LogP contribution in [0, 0.1) is 0 Å². The molecule has 10 aromatic rings. The molecule has 280 valence electrons. The van der Waals surface area contributed by atoms with Crippen molar-refractivity contribution in [2.24, 2.45) is 0 Å². The molecule has 0 fully saturated rings. The minimum absolute atomic E-state index is 0.403. The summed E-state index contributed by atoms with van der Waals surface area (Å²) in [5, 5.41) is 2.41. The van der Waals surface area contributed by atoms with E-state index < -0.39 is 5.41 Å². The van der Waals surface area contributed by atoms with Crippen LogP contribution in [-0.4, -0.2) is 19.5 Å². The van der Waals surface area contributed by atoms with E-state index >= 15 is 0 Å². The molecule has 0 atom stereocenters. The fourth-order valence-electron chi connectivity index (χ4n) is 9.26. The molecule has 0 spiro atoms. The number of aromatic nitrogens is 4. The van der Waals surface area contributed by atoms with Crippen LogP contribution in [0.15, 0.2) is 200 Å². The number of para-hydroxylation sites is 3. The van der Waals surface area contributed by atoms with Crippen molar-refractivity contribution in [1.29, 1.82) is 0 Å². The van der Waals surface area contributed by atoms with E-state index in [0.29, 0.717) is 17.5 Å². The average molecular weight is 758 g/mol. The third-order valence-corrected chi connectivity index (χ3v) is 11.8. The van der Waals surface area contributed by atoms with Gasteiger partial charge in [0.25, 0.3) is 0 Å². The fourth-order valence-corrected chi connectivity index (χ4v) is 9.26. The van der Waals surface area contributed by atoms with Crippen LogP contribution in [0.25, 0.3) is 72.8 Å². The van der Waals surface area contributed by atoms with Gasteiger partial charge in [0.2, 0.25) is 0 Å². The van der Waals surface area contributed by atoms with Crippen LogP contribution in [0.4, 0.5) is 17.1 Å². The van der Waals surface area contributed by atoms with Crippen molar-refractivity contribution in [3.63, 3.8) is 0 Å². The minimum Gasteiger partial charge on any atom is -0.310 e. The van der Waals surface area contributed by atoms with E-state index in [-0.39, 0.29) is 0 Å². The third-order valence-electron chi connectivity index (χ3n) is 11.8. The highest BCUT2D eigenvalue weighted by Crippen LogP contribution is 2.54. The van der Waals surface area contributed by atoms with Crippen LogP contribution in [0.2, 0.25) is 0 Å². The Kier molecular flexibility index (Phi) is 8.09. The van der Waals surface area contributed by atoms with Gasteiger partial charge in [0, 0.05) is 49.9 Å². The molecule has 0 amide bonds. The van der Waals surface area contributed by atoms with E-state index in [1.165, 1.54) is 44.2 Å². The zero-order valence-electron chi connectivity index (χ0n) is 32.8. The second-order valence-corrected chi connectivity index (χ2v) is 15.7. The smallest absolute Gasteiger partial charge is 0.164 e. The molecule has 0 aliphatic heterocycles. The Morgan fingerprint density at radius 2 is 0.881 bits per heavy atom. The molecule has 1 aliphatic carbocycles. The van der Waals surface area contributed by atoms with Gasteiger partial charge in [-0.05, 0) is 76.9 Å². The Morgan fingerprint density at radius 1 is 0.390 bits per heavy atom. The zero-order chi connectivity index (χ0) is 39.5. The van der Waals surface area contributed by atoms with E-state index in [9.17, 15) is 0 Å². The number of nitrogens with zero attached hydrogens (tertiary/aromatic N) is 5. The molecule has 0 radical (unpaired) electrons. The number of hydrogen-bond acceptors (Lipinski definition) is 4. The molecule has 59 heavy (non-hydrogen) atoms. The monoisotopic (exact) mass is 757 g/mol. The first kappa shape index (κ1) is 34.6. The molecule has 11 rings (SSSR count). The molecule has 8 aromatic carbocycles. The van der Waals surface area contributed by atoms with Gasteiger partial charge in [0.15, 0.2) is 17.5 Å². The number of rotatable bonds is 7. The summed E-state index contributed by atoms with van der Waals surface area (Å²) in [4.78, 5) is 17.7. The van der Waals surface area contributed by atoms with Crippen molar-refractivity contribution in [2.45, 2.75) is 19.3 Å². The summed E-state index contributed by atoms with van der Waals surface area (Å²) < 4.78 is 2.47. The fraction of sp³-hybridized carbons (Fsp3) is 0.0556. The molecule has 2 aromatic heterocycles. The number of benzene rings is 8. The lowest BCUT2D eigenvalue weighted by atomic mass is 9.79. The number of fused-ring (bicyclic) bond motifs is 6. The zero-order valence-corrected chi connectivity index (χ0v) is 32.8. The summed E-state index contributed by atoms with van der Waals surface area (Å²) in [7, 11) is 0. The molecule has 0 N–H and O–H groups in total. The maximum absolute atomic E-state index is 5.19. The van der Waals surface area contributed by atoms with Crippen LogP contribution in [-0.2, 0) is 5.41 Å². The first-order valence-electron chi connectivity index (χ1n) is 20.1. The summed E-state index contributed by atoms with van der Waals surface area (Å²) in [6.07, 6.45) is 0. The normalized spacial score (nSPS) is 12.7. The summed E-state index contributed by atoms with van der Waals surface area (Å²) >= 11 is 0. The second-order valence-electron chi connectivity index (χ2n) is 15.7. The maximum Gasteiger partial charge on any atom is 0.164 e. The molecule has 5 heteroatoms. The van der Waals surface area contributed by atoms with Crippen molar-refractivity contribution in [1.82, 2.24) is 19.5 Å². The van der Waals surface area contributed by atoms with Gasteiger partial charge in [-0.2, -0.15) is 0 Å². The molecule has 5 nitrogen and oxygen atoms in total. The Labute approximate surface area is 343 Å². The van der Waals surface area contributed by atoms with Gasteiger partial charge in [0.05, 0.1) is 16.7 Å². The minimum atomic E-state index is -0.403. The molecule has 0 saturated carbocycles. The Balaban J connectivity index is 1.10. The lowest BCUT2D eigenvalue weighted by Crippen LogP contribution is -2.19. The quantitative estimate of drug-likeness (QED) is 0.162. The van der Waals surface area contributed by atoms with Crippen LogP contribution in [0.3, 0.4) is 0 Å². The largest absolute Gasteiger partial charge is 0.310 e. The van der Waals surface area contributed by atoms with E-state index in [4.69, 9.17) is 15.0 Å². The third kappa shape index (κ3) is 5.65. The van der Waals surface area contributed by atoms with Crippen LogP contribution >= 0.6 is 0 Å². The standard InChI is InChI=1S/C54H39N5/c1-54(2)49-42(28-17-30-44(49)53-56-51(36-19-7-3-8-20-36)55-52(57-53)37-21-9-4-10-22-37)43-29-18-32-48(50(43)54)59-46-31-16-15-27-41(46)45-35-40(33-34-47(45)59)58(38-23-11-5-12-24-38)39-25-13-6-14-26-39/h3-35H,1-2H3. The van der Waals surface area contributed by atoms with Gasteiger partial charge in [0.1, 0.15) is 0 Å². The average Bonchev–Trinajstić information content (AvgIpc) is 3.75. The van der Waals surface area contributed by atoms with Crippen molar-refractivity contribution in [3.05, 3.63) is 211 Å². The predicted octanol–water partition coefficient (Wildman–Crippen LogP) is 13.7.